The van der Waals surface area contributed by atoms with E-state index in [1.807, 2.05) is 26.0 Å². The average molecular weight is 389 g/mol. The number of methoxy groups -OCH3 is 1. The van der Waals surface area contributed by atoms with Crippen molar-refractivity contribution >= 4 is 29.1 Å². The molecule has 3 N–H and O–H groups in total. The lowest BCUT2D eigenvalue weighted by Gasteiger charge is -2.36. The number of hydrogen-bond acceptors (Lipinski definition) is 6. The average Bonchev–Trinajstić information content (AvgIpc) is 2.70. The molecule has 1 aliphatic carbocycles. The number of ether oxygens (including phenoxy) is 2. The summed E-state index contributed by atoms with van der Waals surface area (Å²) in [5.41, 5.74) is 9.82. The summed E-state index contributed by atoms with van der Waals surface area (Å²) < 4.78 is 10.1. The Bertz CT molecular complexity index is 737. The van der Waals surface area contributed by atoms with E-state index in [0.29, 0.717) is 12.3 Å². The number of carbonyl (C=O) groups excluding carboxylic acids is 2. The zero-order valence-electron chi connectivity index (χ0n) is 17.0. The van der Waals surface area contributed by atoms with Crippen molar-refractivity contribution in [3.05, 3.63) is 17.7 Å². The van der Waals surface area contributed by atoms with Crippen LogP contribution in [0.2, 0.25) is 0 Å². The predicted molar refractivity (Wildman–Crippen MR) is 110 cm³/mol. The highest BCUT2D eigenvalue weighted by molar-refractivity contribution is 5.93. The summed E-state index contributed by atoms with van der Waals surface area (Å²) in [5.74, 6) is -0.157. The molecule has 1 aromatic rings. The van der Waals surface area contributed by atoms with Gasteiger partial charge in [0.1, 0.15) is 0 Å². The number of fused-ring (bicyclic) bond motifs is 1. The molecular weight excluding hydrogens is 358 g/mol. The Morgan fingerprint density at radius 1 is 1.29 bits per heavy atom. The number of carbonyl (C=O) groups is 2. The van der Waals surface area contributed by atoms with Gasteiger partial charge in [-0.3, -0.25) is 9.69 Å². The number of nitrogen functional groups attached to an aromatic ring is 1. The van der Waals surface area contributed by atoms with E-state index >= 15 is 0 Å². The molecule has 3 atom stereocenters. The first-order valence-electron chi connectivity index (χ1n) is 10.2. The lowest BCUT2D eigenvalue weighted by Crippen LogP contribution is -2.42. The fourth-order valence-electron chi connectivity index (χ4n) is 4.38. The molecule has 1 heterocycles. The summed E-state index contributed by atoms with van der Waals surface area (Å²) in [7, 11) is 1.39. The molecule has 1 aliphatic heterocycles. The van der Waals surface area contributed by atoms with Gasteiger partial charge in [0, 0.05) is 17.6 Å². The Labute approximate surface area is 166 Å². The molecule has 0 aromatic heterocycles. The van der Waals surface area contributed by atoms with Gasteiger partial charge in [0.05, 0.1) is 36.7 Å². The fourth-order valence-corrected chi connectivity index (χ4v) is 4.38. The third-order valence-electron chi connectivity index (χ3n) is 5.87. The largest absolute Gasteiger partial charge is 0.466 e. The normalized spacial score (nSPS) is 24.2. The molecule has 1 amide bonds. The minimum Gasteiger partial charge on any atom is -0.466 e. The SMILES string of the molecule is CCOC(=O)[C@@H]1CCC[C@@H](Nc2ccc3c(c2N)CC[C@H](C)N3C(=O)OC)C1. The van der Waals surface area contributed by atoms with Crippen LogP contribution in [0.25, 0.3) is 0 Å². The standard InChI is InChI=1S/C21H31N3O4/c1-4-28-20(25)14-6-5-7-15(12-14)23-17-10-11-18-16(19(17)22)9-8-13(2)24(18)21(26)27-3/h10-11,13-15,23H,4-9,12,22H2,1-3H3/t13-,14+,15+/m0/s1. The van der Waals surface area contributed by atoms with Gasteiger partial charge in [0.25, 0.3) is 0 Å². The maximum Gasteiger partial charge on any atom is 0.414 e. The molecule has 1 saturated carbocycles. The number of nitrogens with zero attached hydrogens (tertiary/aromatic N) is 1. The molecule has 2 aliphatic rings. The van der Waals surface area contributed by atoms with E-state index in [1.165, 1.54) is 7.11 Å². The Balaban J connectivity index is 1.77. The van der Waals surface area contributed by atoms with Gasteiger partial charge >= 0.3 is 12.1 Å². The van der Waals surface area contributed by atoms with Gasteiger partial charge in [-0.25, -0.2) is 4.79 Å². The van der Waals surface area contributed by atoms with Crippen LogP contribution < -0.4 is 16.0 Å². The van der Waals surface area contributed by atoms with Crippen molar-refractivity contribution in [3.63, 3.8) is 0 Å². The third-order valence-corrected chi connectivity index (χ3v) is 5.87. The van der Waals surface area contributed by atoms with Gasteiger partial charge in [-0.2, -0.15) is 0 Å². The van der Waals surface area contributed by atoms with Gasteiger partial charge in [-0.05, 0) is 58.1 Å². The molecule has 3 rings (SSSR count). The summed E-state index contributed by atoms with van der Waals surface area (Å²) >= 11 is 0. The van der Waals surface area contributed by atoms with E-state index < -0.39 is 0 Å². The van der Waals surface area contributed by atoms with Gasteiger partial charge in [-0.15, -0.1) is 0 Å². The smallest absolute Gasteiger partial charge is 0.414 e. The number of esters is 1. The monoisotopic (exact) mass is 389 g/mol. The predicted octanol–water partition coefficient (Wildman–Crippen LogP) is 3.71. The first kappa shape index (κ1) is 20.3. The zero-order chi connectivity index (χ0) is 20.3. The number of rotatable bonds is 4. The van der Waals surface area contributed by atoms with Gasteiger partial charge in [-0.1, -0.05) is 6.42 Å². The summed E-state index contributed by atoms with van der Waals surface area (Å²) in [4.78, 5) is 26.0. The van der Waals surface area contributed by atoms with E-state index in [9.17, 15) is 9.59 Å². The molecule has 7 nitrogen and oxygen atoms in total. The minimum absolute atomic E-state index is 0.0549. The van der Waals surface area contributed by atoms with Crippen LogP contribution in [0.4, 0.5) is 21.9 Å². The second kappa shape index (κ2) is 8.71. The van der Waals surface area contributed by atoms with E-state index in [1.54, 1.807) is 4.90 Å². The van der Waals surface area contributed by atoms with Crippen LogP contribution in [0.5, 0.6) is 0 Å². The molecule has 1 fully saturated rings. The number of benzene rings is 1. The van der Waals surface area contributed by atoms with Crippen molar-refractivity contribution in [1.29, 1.82) is 0 Å². The Kier molecular flexibility index (Phi) is 6.31. The Morgan fingerprint density at radius 2 is 2.07 bits per heavy atom. The van der Waals surface area contributed by atoms with Crippen LogP contribution in [-0.4, -0.2) is 37.9 Å². The zero-order valence-corrected chi connectivity index (χ0v) is 17.0. The summed E-state index contributed by atoms with van der Waals surface area (Å²) in [5, 5.41) is 3.53. The van der Waals surface area contributed by atoms with Gasteiger partial charge < -0.3 is 20.5 Å². The lowest BCUT2D eigenvalue weighted by atomic mass is 9.85. The fraction of sp³-hybridized carbons (Fsp3) is 0.619. The summed E-state index contributed by atoms with van der Waals surface area (Å²) in [6.07, 6.45) is 4.91. The molecule has 0 unspecified atom stereocenters. The van der Waals surface area contributed by atoms with Gasteiger partial charge in [0.2, 0.25) is 0 Å². The highest BCUT2D eigenvalue weighted by Gasteiger charge is 2.32. The molecule has 0 bridgehead atoms. The minimum atomic E-state index is -0.363. The van der Waals surface area contributed by atoms with Crippen LogP contribution in [-0.2, 0) is 20.7 Å². The van der Waals surface area contributed by atoms with Gasteiger partial charge in [0.15, 0.2) is 0 Å². The second-order valence-corrected chi connectivity index (χ2v) is 7.71. The number of nitrogens with one attached hydrogen (secondary N) is 1. The summed E-state index contributed by atoms with van der Waals surface area (Å²) in [6.45, 7) is 4.27. The van der Waals surface area contributed by atoms with Crippen molar-refractivity contribution in [2.45, 2.75) is 64.5 Å². The maximum absolute atomic E-state index is 12.2. The molecule has 0 saturated heterocycles. The quantitative estimate of drug-likeness (QED) is 0.602. The molecule has 7 heteroatoms. The van der Waals surface area contributed by atoms with Crippen LogP contribution in [0, 0.1) is 5.92 Å². The highest BCUT2D eigenvalue weighted by Crippen LogP contribution is 2.39. The molecule has 0 radical (unpaired) electrons. The van der Waals surface area contributed by atoms with Crippen LogP contribution in [0.3, 0.4) is 0 Å². The number of amides is 1. The van der Waals surface area contributed by atoms with E-state index in [4.69, 9.17) is 15.2 Å². The van der Waals surface area contributed by atoms with E-state index in [-0.39, 0.29) is 30.1 Å². The molecule has 0 spiro atoms. The topological polar surface area (TPSA) is 93.9 Å². The first-order valence-corrected chi connectivity index (χ1v) is 10.2. The van der Waals surface area contributed by atoms with E-state index in [0.717, 1.165) is 55.5 Å². The molecule has 154 valence electrons. The summed E-state index contributed by atoms with van der Waals surface area (Å²) in [6, 6.07) is 4.12. The molecule has 1 aromatic carbocycles. The number of anilines is 3. The lowest BCUT2D eigenvalue weighted by molar-refractivity contribution is -0.149. The second-order valence-electron chi connectivity index (χ2n) is 7.71. The van der Waals surface area contributed by atoms with Crippen molar-refractivity contribution < 1.29 is 19.1 Å². The van der Waals surface area contributed by atoms with Crippen LogP contribution in [0.15, 0.2) is 12.1 Å². The molecular formula is C21H31N3O4. The maximum atomic E-state index is 12.2. The number of nitrogens with two attached hydrogens (primary N) is 1. The Morgan fingerprint density at radius 3 is 2.79 bits per heavy atom. The Hall–Kier alpha value is -2.44. The highest BCUT2D eigenvalue weighted by atomic mass is 16.5. The van der Waals surface area contributed by atoms with Crippen molar-refractivity contribution in [2.75, 3.05) is 29.7 Å². The first-order chi connectivity index (χ1) is 13.5. The van der Waals surface area contributed by atoms with Crippen molar-refractivity contribution in [2.24, 2.45) is 5.92 Å². The van der Waals surface area contributed by atoms with Crippen molar-refractivity contribution in [3.8, 4) is 0 Å². The van der Waals surface area contributed by atoms with Crippen LogP contribution in [0.1, 0.15) is 51.5 Å². The third kappa shape index (κ3) is 4.03. The van der Waals surface area contributed by atoms with Crippen LogP contribution >= 0.6 is 0 Å². The molecule has 28 heavy (non-hydrogen) atoms. The number of hydrogen-bond donors (Lipinski definition) is 2. The van der Waals surface area contributed by atoms with Crippen molar-refractivity contribution in [1.82, 2.24) is 0 Å². The van der Waals surface area contributed by atoms with E-state index in [2.05, 4.69) is 5.32 Å².